The van der Waals surface area contributed by atoms with E-state index in [4.69, 9.17) is 0 Å². The monoisotopic (exact) mass is 219 g/mol. The van der Waals surface area contributed by atoms with Crippen molar-refractivity contribution in [3.05, 3.63) is 0 Å². The fourth-order valence-corrected chi connectivity index (χ4v) is 4.17. The Bertz CT molecular complexity index is 301. The Morgan fingerprint density at radius 2 is 1.79 bits per heavy atom. The molecule has 2 atom stereocenters. The van der Waals surface area contributed by atoms with Gasteiger partial charge in [0.05, 0.1) is 5.75 Å². The van der Waals surface area contributed by atoms with Gasteiger partial charge in [0.25, 0.3) is 0 Å². The Morgan fingerprint density at radius 3 is 2.07 bits per heavy atom. The highest BCUT2D eigenvalue weighted by atomic mass is 32.2. The Balaban J connectivity index is 2.95. The van der Waals surface area contributed by atoms with E-state index in [-0.39, 0.29) is 23.1 Å². The summed E-state index contributed by atoms with van der Waals surface area (Å²) in [7, 11) is -3.02. The molecule has 3 nitrogen and oxygen atoms in total. The van der Waals surface area contributed by atoms with Crippen molar-refractivity contribution in [1.29, 1.82) is 0 Å². The number of hydrogen-bond donors (Lipinski definition) is 1. The molecule has 0 saturated carbocycles. The van der Waals surface area contributed by atoms with Gasteiger partial charge < -0.3 is 0 Å². The van der Waals surface area contributed by atoms with Crippen LogP contribution in [0.15, 0.2) is 0 Å². The fourth-order valence-electron chi connectivity index (χ4n) is 2.07. The summed E-state index contributed by atoms with van der Waals surface area (Å²) in [5.41, 5.74) is -0.00148. The summed E-state index contributed by atoms with van der Waals surface area (Å²) in [5.74, 6) is 0.927. The van der Waals surface area contributed by atoms with Crippen LogP contribution in [0, 0.1) is 17.3 Å². The first-order valence-electron chi connectivity index (χ1n) is 5.13. The second-order valence-corrected chi connectivity index (χ2v) is 7.45. The van der Waals surface area contributed by atoms with E-state index in [0.717, 1.165) is 0 Å². The average Bonchev–Trinajstić information content (AvgIpc) is 2.24. The third-order valence-electron chi connectivity index (χ3n) is 2.94. The highest BCUT2D eigenvalue weighted by Crippen LogP contribution is 2.34. The van der Waals surface area contributed by atoms with Gasteiger partial charge in [-0.05, 0) is 17.3 Å². The quantitative estimate of drug-likeness (QED) is 0.728. The van der Waals surface area contributed by atoms with E-state index < -0.39 is 10.0 Å². The van der Waals surface area contributed by atoms with Crippen LogP contribution < -0.4 is 4.72 Å². The van der Waals surface area contributed by atoms with Gasteiger partial charge in [0.2, 0.25) is 10.0 Å². The summed E-state index contributed by atoms with van der Waals surface area (Å²) < 4.78 is 25.8. The predicted molar refractivity (Wildman–Crippen MR) is 58.5 cm³/mol. The third kappa shape index (κ3) is 2.48. The molecule has 84 valence electrons. The van der Waals surface area contributed by atoms with Crippen LogP contribution in [0.2, 0.25) is 0 Å². The molecule has 14 heavy (non-hydrogen) atoms. The molecule has 0 amide bonds. The zero-order valence-corrected chi connectivity index (χ0v) is 10.5. The summed E-state index contributed by atoms with van der Waals surface area (Å²) in [6.45, 7) is 10.4. The molecule has 1 N–H and O–H groups in total. The van der Waals surface area contributed by atoms with Gasteiger partial charge in [0, 0.05) is 6.04 Å². The lowest BCUT2D eigenvalue weighted by Gasteiger charge is -2.32. The summed E-state index contributed by atoms with van der Waals surface area (Å²) in [4.78, 5) is 0. The molecule has 1 saturated heterocycles. The van der Waals surface area contributed by atoms with Gasteiger partial charge in [-0.1, -0.05) is 34.6 Å². The van der Waals surface area contributed by atoms with E-state index in [1.807, 2.05) is 0 Å². The van der Waals surface area contributed by atoms with Crippen molar-refractivity contribution in [3.8, 4) is 0 Å². The zero-order chi connectivity index (χ0) is 11.1. The summed E-state index contributed by atoms with van der Waals surface area (Å²) in [5, 5.41) is 0. The van der Waals surface area contributed by atoms with Crippen LogP contribution in [0.3, 0.4) is 0 Å². The molecular weight excluding hydrogens is 198 g/mol. The van der Waals surface area contributed by atoms with Gasteiger partial charge in [0.1, 0.15) is 0 Å². The molecule has 0 aliphatic carbocycles. The van der Waals surface area contributed by atoms with E-state index in [9.17, 15) is 8.42 Å². The van der Waals surface area contributed by atoms with Crippen molar-refractivity contribution < 1.29 is 8.42 Å². The minimum absolute atomic E-state index is 0.00148. The van der Waals surface area contributed by atoms with Crippen molar-refractivity contribution in [2.45, 2.75) is 40.7 Å². The first-order valence-corrected chi connectivity index (χ1v) is 6.79. The van der Waals surface area contributed by atoms with Crippen LogP contribution in [-0.4, -0.2) is 20.2 Å². The van der Waals surface area contributed by atoms with Gasteiger partial charge in [0.15, 0.2) is 0 Å². The molecule has 0 aromatic carbocycles. The molecule has 1 rings (SSSR count). The number of sulfonamides is 1. The van der Waals surface area contributed by atoms with E-state index in [0.29, 0.717) is 5.92 Å². The lowest BCUT2D eigenvalue weighted by Crippen LogP contribution is -2.42. The molecule has 0 bridgehead atoms. The van der Waals surface area contributed by atoms with Crippen LogP contribution in [0.1, 0.15) is 34.6 Å². The van der Waals surface area contributed by atoms with Crippen molar-refractivity contribution in [1.82, 2.24) is 4.72 Å². The number of hydrogen-bond acceptors (Lipinski definition) is 2. The second-order valence-electron chi connectivity index (χ2n) is 5.65. The molecule has 1 aliphatic rings. The van der Waals surface area contributed by atoms with E-state index in [2.05, 4.69) is 39.3 Å². The maximum absolute atomic E-state index is 11.5. The maximum atomic E-state index is 11.5. The van der Waals surface area contributed by atoms with E-state index >= 15 is 0 Å². The van der Waals surface area contributed by atoms with Crippen molar-refractivity contribution in [3.63, 3.8) is 0 Å². The SMILES string of the molecule is CC(C)[C@H]1CS(=O)(=O)N[C@H]1C(C)(C)C. The van der Waals surface area contributed by atoms with Crippen molar-refractivity contribution in [2.24, 2.45) is 17.3 Å². The highest BCUT2D eigenvalue weighted by molar-refractivity contribution is 7.89. The normalized spacial score (nSPS) is 32.4. The second kappa shape index (κ2) is 3.49. The molecule has 4 heteroatoms. The van der Waals surface area contributed by atoms with Crippen molar-refractivity contribution in [2.75, 3.05) is 5.75 Å². The van der Waals surface area contributed by atoms with Gasteiger partial charge in [-0.15, -0.1) is 0 Å². The van der Waals surface area contributed by atoms with Crippen LogP contribution >= 0.6 is 0 Å². The largest absolute Gasteiger partial charge is 0.212 e. The first-order chi connectivity index (χ1) is 6.13. The Labute approximate surface area is 87.3 Å². The molecule has 0 unspecified atom stereocenters. The minimum atomic E-state index is -3.02. The Kier molecular flexibility index (Phi) is 2.99. The first kappa shape index (κ1) is 12.0. The summed E-state index contributed by atoms with van der Waals surface area (Å²) in [6.07, 6.45) is 0. The summed E-state index contributed by atoms with van der Waals surface area (Å²) >= 11 is 0. The molecule has 0 spiro atoms. The van der Waals surface area contributed by atoms with Crippen molar-refractivity contribution >= 4 is 10.0 Å². The zero-order valence-electron chi connectivity index (χ0n) is 9.66. The lowest BCUT2D eigenvalue weighted by molar-refractivity contribution is 0.210. The molecule has 1 heterocycles. The highest BCUT2D eigenvalue weighted by Gasteiger charge is 2.44. The maximum Gasteiger partial charge on any atom is 0.212 e. The molecular formula is C10H21NO2S. The Morgan fingerprint density at radius 1 is 1.29 bits per heavy atom. The molecule has 1 aliphatic heterocycles. The van der Waals surface area contributed by atoms with E-state index in [1.165, 1.54) is 0 Å². The standard InChI is InChI=1S/C10H21NO2S/c1-7(2)8-6-14(12,13)11-9(8)10(3,4)5/h7-9,11H,6H2,1-5H3/t8-,9-/m1/s1. The predicted octanol–water partition coefficient (Wildman–Crippen LogP) is 1.61. The van der Waals surface area contributed by atoms with Gasteiger partial charge >= 0.3 is 0 Å². The third-order valence-corrected chi connectivity index (χ3v) is 4.37. The molecule has 0 aromatic heterocycles. The van der Waals surface area contributed by atoms with Crippen LogP contribution in [0.4, 0.5) is 0 Å². The van der Waals surface area contributed by atoms with Crippen LogP contribution in [-0.2, 0) is 10.0 Å². The van der Waals surface area contributed by atoms with Gasteiger partial charge in [-0.25, -0.2) is 13.1 Å². The van der Waals surface area contributed by atoms with Crippen LogP contribution in [0.5, 0.6) is 0 Å². The molecule has 0 radical (unpaired) electrons. The smallest absolute Gasteiger partial charge is 0.212 e. The molecule has 0 aromatic rings. The number of nitrogens with one attached hydrogen (secondary N) is 1. The minimum Gasteiger partial charge on any atom is -0.212 e. The lowest BCUT2D eigenvalue weighted by atomic mass is 9.76. The van der Waals surface area contributed by atoms with Crippen LogP contribution in [0.25, 0.3) is 0 Å². The topological polar surface area (TPSA) is 46.2 Å². The Hall–Kier alpha value is -0.0900. The fraction of sp³-hybridized carbons (Fsp3) is 1.00. The van der Waals surface area contributed by atoms with Gasteiger partial charge in [-0.3, -0.25) is 0 Å². The van der Waals surface area contributed by atoms with Gasteiger partial charge in [-0.2, -0.15) is 0 Å². The molecule has 1 fully saturated rings. The average molecular weight is 219 g/mol. The summed E-state index contributed by atoms with van der Waals surface area (Å²) in [6, 6.07) is 0.0764. The number of rotatable bonds is 1. The van der Waals surface area contributed by atoms with E-state index in [1.54, 1.807) is 0 Å².